The monoisotopic (exact) mass is 442 g/mol. The Balaban J connectivity index is 2.64. The molecular weight excluding hydrogens is 408 g/mol. The van der Waals surface area contributed by atoms with Crippen LogP contribution in [0.5, 0.6) is 5.75 Å². The molecule has 9 heteroatoms. The molecule has 0 aliphatic heterocycles. The number of aliphatic carboxylic acids is 1. The van der Waals surface area contributed by atoms with Gasteiger partial charge in [-0.1, -0.05) is 63.2 Å². The summed E-state index contributed by atoms with van der Waals surface area (Å²) in [6, 6.07) is 1.63. The van der Waals surface area contributed by atoms with E-state index >= 15 is 0 Å². The predicted octanol–water partition coefficient (Wildman–Crippen LogP) is 5.58. The molecule has 3 N–H and O–H groups in total. The quantitative estimate of drug-likeness (QED) is 0.286. The van der Waals surface area contributed by atoms with Crippen LogP contribution in [-0.2, 0) is 9.59 Å². The minimum absolute atomic E-state index is 0.0433. The molecule has 1 aromatic heterocycles. The van der Waals surface area contributed by atoms with Gasteiger partial charge in [0.2, 0.25) is 5.91 Å². The summed E-state index contributed by atoms with van der Waals surface area (Å²) in [6.45, 7) is 2.30. The summed E-state index contributed by atoms with van der Waals surface area (Å²) < 4.78 is 5.59. The van der Waals surface area contributed by atoms with Crippen LogP contribution in [0.3, 0.4) is 0 Å². The second kappa shape index (κ2) is 14.7. The van der Waals surface area contributed by atoms with E-state index in [0.717, 1.165) is 35.5 Å². The van der Waals surface area contributed by atoms with Crippen molar-refractivity contribution in [3.05, 3.63) is 6.07 Å². The molecule has 0 aliphatic rings. The van der Waals surface area contributed by atoms with Gasteiger partial charge in [-0.05, 0) is 12.8 Å². The number of unbranched alkanes of at least 4 members (excludes halogenated alkanes) is 7. The summed E-state index contributed by atoms with van der Waals surface area (Å²) in [5.41, 5.74) is 0. The zero-order chi connectivity index (χ0) is 22.4. The van der Waals surface area contributed by atoms with Gasteiger partial charge >= 0.3 is 12.1 Å². The van der Waals surface area contributed by atoms with Crippen LogP contribution < -0.4 is 15.0 Å². The second-order valence-corrected chi connectivity index (χ2v) is 8.14. The van der Waals surface area contributed by atoms with E-state index in [1.165, 1.54) is 25.7 Å². The minimum Gasteiger partial charge on any atom is -0.490 e. The van der Waals surface area contributed by atoms with Crippen molar-refractivity contribution in [3.8, 4) is 5.75 Å². The third-order valence-corrected chi connectivity index (χ3v) is 5.73. The van der Waals surface area contributed by atoms with Crippen LogP contribution in [0.25, 0.3) is 0 Å². The first kappa shape index (κ1) is 25.7. The number of carbonyl (C=O) groups is 3. The number of carboxylic acid groups (broad SMARTS) is 2. The Morgan fingerprint density at radius 3 is 2.20 bits per heavy atom. The van der Waals surface area contributed by atoms with Crippen LogP contribution in [-0.4, -0.2) is 41.8 Å². The van der Waals surface area contributed by atoms with E-state index in [-0.39, 0.29) is 30.2 Å². The molecule has 0 radical (unpaired) electrons. The van der Waals surface area contributed by atoms with Gasteiger partial charge in [-0.25, -0.2) is 9.69 Å². The number of anilines is 2. The highest BCUT2D eigenvalue weighted by atomic mass is 32.1. The highest BCUT2D eigenvalue weighted by Crippen LogP contribution is 2.41. The van der Waals surface area contributed by atoms with Gasteiger partial charge in [0, 0.05) is 26.0 Å². The average Bonchev–Trinajstić information content (AvgIpc) is 3.09. The number of carboxylic acids is 1. The molecule has 0 spiro atoms. The zero-order valence-corrected chi connectivity index (χ0v) is 18.8. The number of nitrogens with zero attached hydrogens (tertiary/aromatic N) is 1. The van der Waals surface area contributed by atoms with E-state index in [9.17, 15) is 19.5 Å². The van der Waals surface area contributed by atoms with Gasteiger partial charge in [0.05, 0.1) is 11.6 Å². The highest BCUT2D eigenvalue weighted by Gasteiger charge is 2.28. The molecule has 170 valence electrons. The summed E-state index contributed by atoms with van der Waals surface area (Å²) in [7, 11) is 1.69. The Morgan fingerprint density at radius 1 is 1.00 bits per heavy atom. The number of imide groups is 1. The van der Waals surface area contributed by atoms with Crippen LogP contribution in [0.1, 0.15) is 77.6 Å². The van der Waals surface area contributed by atoms with Crippen molar-refractivity contribution in [1.29, 1.82) is 0 Å². The minimum atomic E-state index is -1.35. The van der Waals surface area contributed by atoms with Crippen molar-refractivity contribution in [2.45, 2.75) is 77.6 Å². The van der Waals surface area contributed by atoms with E-state index in [1.54, 1.807) is 13.1 Å². The smallest absolute Gasteiger partial charge is 0.419 e. The number of nitrogens with one attached hydrogen (secondary N) is 1. The molecule has 0 saturated heterocycles. The van der Waals surface area contributed by atoms with E-state index in [4.69, 9.17) is 9.84 Å². The summed E-state index contributed by atoms with van der Waals surface area (Å²) >= 11 is 1.12. The Bertz CT molecular complexity index is 676. The van der Waals surface area contributed by atoms with E-state index in [2.05, 4.69) is 12.2 Å². The zero-order valence-electron chi connectivity index (χ0n) is 17.9. The molecule has 1 rings (SSSR count). The largest absolute Gasteiger partial charge is 0.490 e. The van der Waals surface area contributed by atoms with Crippen molar-refractivity contribution < 1.29 is 29.3 Å². The maximum absolute atomic E-state index is 12.6. The number of hydrogen-bond donors (Lipinski definition) is 3. The van der Waals surface area contributed by atoms with Gasteiger partial charge in [-0.2, -0.15) is 0 Å². The lowest BCUT2D eigenvalue weighted by molar-refractivity contribution is -0.137. The number of ether oxygens (including phenoxy) is 1. The summed E-state index contributed by atoms with van der Waals surface area (Å²) in [4.78, 5) is 35.8. The van der Waals surface area contributed by atoms with Gasteiger partial charge in [0.25, 0.3) is 0 Å². The van der Waals surface area contributed by atoms with Gasteiger partial charge < -0.3 is 20.3 Å². The van der Waals surface area contributed by atoms with Crippen molar-refractivity contribution in [2.75, 3.05) is 23.9 Å². The van der Waals surface area contributed by atoms with Crippen LogP contribution in [0.2, 0.25) is 0 Å². The standard InChI is InChI=1S/C21H34N2O6S/c1-3-4-5-6-7-8-9-10-12-18(24)23(21(27)28)20-16(15-17(22-2)30-20)29-14-11-13-19(25)26/h15,22H,3-14H2,1-2H3,(H,25,26)(H,27,28). The predicted molar refractivity (Wildman–Crippen MR) is 119 cm³/mol. The number of carbonyl (C=O) groups excluding carboxylic acids is 1. The third-order valence-electron chi connectivity index (χ3n) is 4.61. The molecule has 2 amide bonds. The highest BCUT2D eigenvalue weighted by molar-refractivity contribution is 7.20. The molecule has 0 bridgehead atoms. The molecule has 0 aromatic carbocycles. The van der Waals surface area contributed by atoms with Crippen molar-refractivity contribution in [2.24, 2.45) is 0 Å². The first-order chi connectivity index (χ1) is 14.4. The fraction of sp³-hybridized carbons (Fsp3) is 0.667. The van der Waals surface area contributed by atoms with E-state index in [0.29, 0.717) is 17.8 Å². The molecule has 1 aromatic rings. The van der Waals surface area contributed by atoms with Crippen LogP contribution in [0.4, 0.5) is 14.8 Å². The molecule has 1 heterocycles. The van der Waals surface area contributed by atoms with Gasteiger partial charge in [0.15, 0.2) is 10.8 Å². The summed E-state index contributed by atoms with van der Waals surface area (Å²) in [5, 5.41) is 22.1. The van der Waals surface area contributed by atoms with Crippen molar-refractivity contribution in [3.63, 3.8) is 0 Å². The molecule has 8 nitrogen and oxygen atoms in total. The van der Waals surface area contributed by atoms with Crippen LogP contribution in [0, 0.1) is 0 Å². The first-order valence-electron chi connectivity index (χ1n) is 10.6. The second-order valence-electron chi connectivity index (χ2n) is 7.11. The normalized spacial score (nSPS) is 10.6. The summed E-state index contributed by atoms with van der Waals surface area (Å²) in [5.74, 6) is -1.14. The van der Waals surface area contributed by atoms with Gasteiger partial charge in [0.1, 0.15) is 0 Å². The molecule has 0 saturated carbocycles. The van der Waals surface area contributed by atoms with Crippen molar-refractivity contribution >= 4 is 39.3 Å². The lowest BCUT2D eigenvalue weighted by Gasteiger charge is -2.17. The first-order valence-corrected chi connectivity index (χ1v) is 11.4. The average molecular weight is 443 g/mol. The Morgan fingerprint density at radius 2 is 1.63 bits per heavy atom. The van der Waals surface area contributed by atoms with E-state index in [1.807, 2.05) is 0 Å². The maximum atomic E-state index is 12.6. The Hall–Kier alpha value is -2.29. The lowest BCUT2D eigenvalue weighted by atomic mass is 10.1. The molecule has 0 fully saturated rings. The van der Waals surface area contributed by atoms with Gasteiger partial charge in [-0.3, -0.25) is 9.59 Å². The number of amides is 2. The van der Waals surface area contributed by atoms with Gasteiger partial charge in [-0.15, -0.1) is 0 Å². The van der Waals surface area contributed by atoms with Crippen molar-refractivity contribution in [1.82, 2.24) is 0 Å². The molecule has 0 aliphatic carbocycles. The topological polar surface area (TPSA) is 116 Å². The Kier molecular flexibility index (Phi) is 12.6. The SMILES string of the molecule is CCCCCCCCCCC(=O)N(C(=O)O)c1sc(NC)cc1OCCCC(=O)O. The Labute approximate surface area is 182 Å². The summed E-state index contributed by atoms with van der Waals surface area (Å²) in [6.07, 6.45) is 7.70. The molecule has 0 unspecified atom stereocenters. The lowest BCUT2D eigenvalue weighted by Crippen LogP contribution is -2.35. The van der Waals surface area contributed by atoms with E-state index < -0.39 is 18.0 Å². The van der Waals surface area contributed by atoms with Crippen LogP contribution in [0.15, 0.2) is 6.07 Å². The number of hydrogen-bond acceptors (Lipinski definition) is 6. The van der Waals surface area contributed by atoms with Crippen LogP contribution >= 0.6 is 11.3 Å². The molecule has 0 atom stereocenters. The number of rotatable bonds is 16. The fourth-order valence-corrected chi connectivity index (χ4v) is 3.95. The molecular formula is C21H34N2O6S. The third kappa shape index (κ3) is 9.47. The number of thiophene rings is 1. The molecule has 30 heavy (non-hydrogen) atoms. The fourth-order valence-electron chi connectivity index (χ4n) is 2.98. The maximum Gasteiger partial charge on any atom is 0.419 e.